The minimum absolute atomic E-state index is 0.105. The average Bonchev–Trinajstić information content (AvgIpc) is 2.65. The molecule has 26 heavy (non-hydrogen) atoms. The number of nitriles is 1. The molecular formula is C21H28N2O3. The van der Waals surface area contributed by atoms with Gasteiger partial charge in [-0.15, -0.1) is 0 Å². The molecule has 140 valence electrons. The number of benzene rings is 1. The summed E-state index contributed by atoms with van der Waals surface area (Å²) < 4.78 is 11.1. The van der Waals surface area contributed by atoms with Crippen LogP contribution in [-0.4, -0.2) is 25.7 Å². The van der Waals surface area contributed by atoms with Crippen molar-refractivity contribution in [1.29, 1.82) is 5.26 Å². The van der Waals surface area contributed by atoms with E-state index in [4.69, 9.17) is 9.47 Å². The number of methoxy groups -OCH3 is 1. The van der Waals surface area contributed by atoms with Crippen LogP contribution in [0.4, 0.5) is 0 Å². The number of nitrogens with zero attached hydrogens (tertiary/aromatic N) is 1. The van der Waals surface area contributed by atoms with Crippen LogP contribution < -0.4 is 14.8 Å². The van der Waals surface area contributed by atoms with Crippen LogP contribution in [0, 0.1) is 17.2 Å². The SMILES string of the molecule is COc1cc(/C=C(\C#N)C(=O)NC2CCCCC2)ccc1OCC(C)C. The quantitative estimate of drug-likeness (QED) is 0.590. The molecule has 0 radical (unpaired) electrons. The summed E-state index contributed by atoms with van der Waals surface area (Å²) in [7, 11) is 1.58. The van der Waals surface area contributed by atoms with E-state index in [9.17, 15) is 10.1 Å². The van der Waals surface area contributed by atoms with Crippen LogP contribution in [0.3, 0.4) is 0 Å². The Hall–Kier alpha value is -2.48. The molecule has 1 aliphatic rings. The fraction of sp³-hybridized carbons (Fsp3) is 0.524. The minimum atomic E-state index is -0.307. The molecule has 0 saturated heterocycles. The zero-order chi connectivity index (χ0) is 18.9. The van der Waals surface area contributed by atoms with Gasteiger partial charge < -0.3 is 14.8 Å². The number of hydrogen-bond donors (Lipinski definition) is 1. The average molecular weight is 356 g/mol. The second-order valence-corrected chi connectivity index (χ2v) is 7.09. The highest BCUT2D eigenvalue weighted by molar-refractivity contribution is 6.01. The Morgan fingerprint density at radius 1 is 1.31 bits per heavy atom. The molecule has 0 aromatic heterocycles. The lowest BCUT2D eigenvalue weighted by Gasteiger charge is -2.22. The molecule has 0 aliphatic heterocycles. The van der Waals surface area contributed by atoms with Crippen molar-refractivity contribution in [3.8, 4) is 17.6 Å². The topological polar surface area (TPSA) is 71.3 Å². The Morgan fingerprint density at radius 3 is 2.65 bits per heavy atom. The standard InChI is InChI=1S/C21H28N2O3/c1-15(2)14-26-19-10-9-16(12-20(19)25-3)11-17(13-22)21(24)23-18-7-5-4-6-8-18/h9-12,15,18H,4-8,14H2,1-3H3,(H,23,24)/b17-11+. The molecule has 1 aromatic carbocycles. The lowest BCUT2D eigenvalue weighted by Crippen LogP contribution is -2.36. The highest BCUT2D eigenvalue weighted by Crippen LogP contribution is 2.29. The predicted molar refractivity (Wildman–Crippen MR) is 102 cm³/mol. The molecule has 0 heterocycles. The number of hydrogen-bond acceptors (Lipinski definition) is 4. The van der Waals surface area contributed by atoms with Crippen molar-refractivity contribution < 1.29 is 14.3 Å². The summed E-state index contributed by atoms with van der Waals surface area (Å²) in [6.07, 6.45) is 7.04. The number of carbonyl (C=O) groups is 1. The van der Waals surface area contributed by atoms with E-state index in [1.807, 2.05) is 12.1 Å². The Kier molecular flexibility index (Phi) is 7.53. The third kappa shape index (κ3) is 5.80. The zero-order valence-electron chi connectivity index (χ0n) is 15.9. The fourth-order valence-corrected chi connectivity index (χ4v) is 2.97. The van der Waals surface area contributed by atoms with E-state index in [0.29, 0.717) is 24.0 Å². The summed E-state index contributed by atoms with van der Waals surface area (Å²) in [4.78, 5) is 12.4. The van der Waals surface area contributed by atoms with Crippen molar-refractivity contribution in [2.24, 2.45) is 5.92 Å². The highest BCUT2D eigenvalue weighted by Gasteiger charge is 2.18. The monoisotopic (exact) mass is 356 g/mol. The van der Waals surface area contributed by atoms with Gasteiger partial charge in [0.25, 0.3) is 5.91 Å². The highest BCUT2D eigenvalue weighted by atomic mass is 16.5. The maximum atomic E-state index is 12.4. The van der Waals surface area contributed by atoms with Crippen LogP contribution >= 0.6 is 0 Å². The van der Waals surface area contributed by atoms with Gasteiger partial charge in [0.15, 0.2) is 11.5 Å². The van der Waals surface area contributed by atoms with Crippen molar-refractivity contribution in [3.63, 3.8) is 0 Å². The Bertz CT molecular complexity index is 683. The van der Waals surface area contributed by atoms with E-state index >= 15 is 0 Å². The summed E-state index contributed by atoms with van der Waals surface area (Å²) >= 11 is 0. The third-order valence-electron chi connectivity index (χ3n) is 4.38. The van der Waals surface area contributed by atoms with Gasteiger partial charge in [-0.1, -0.05) is 39.2 Å². The number of amides is 1. The van der Waals surface area contributed by atoms with E-state index in [1.165, 1.54) is 6.42 Å². The first-order valence-electron chi connectivity index (χ1n) is 9.27. The Labute approximate surface area is 156 Å². The van der Waals surface area contributed by atoms with Gasteiger partial charge in [0.1, 0.15) is 11.6 Å². The summed E-state index contributed by atoms with van der Waals surface area (Å²) in [6.45, 7) is 4.75. The normalized spacial score (nSPS) is 15.4. The van der Waals surface area contributed by atoms with E-state index in [2.05, 4.69) is 19.2 Å². The van der Waals surface area contributed by atoms with E-state index in [-0.39, 0.29) is 17.5 Å². The van der Waals surface area contributed by atoms with Crippen LogP contribution in [0.5, 0.6) is 11.5 Å². The lowest BCUT2D eigenvalue weighted by atomic mass is 9.95. The van der Waals surface area contributed by atoms with E-state index in [0.717, 1.165) is 31.2 Å². The molecular weight excluding hydrogens is 328 g/mol. The molecule has 5 heteroatoms. The number of carbonyl (C=O) groups excluding carboxylic acids is 1. The van der Waals surface area contributed by atoms with Gasteiger partial charge in [0.2, 0.25) is 0 Å². The smallest absolute Gasteiger partial charge is 0.262 e. The Morgan fingerprint density at radius 2 is 2.04 bits per heavy atom. The van der Waals surface area contributed by atoms with Gasteiger partial charge in [-0.2, -0.15) is 5.26 Å². The van der Waals surface area contributed by atoms with Crippen molar-refractivity contribution in [2.45, 2.75) is 52.0 Å². The second kappa shape index (κ2) is 9.86. The maximum absolute atomic E-state index is 12.4. The van der Waals surface area contributed by atoms with Gasteiger partial charge in [-0.3, -0.25) is 4.79 Å². The van der Waals surface area contributed by atoms with Crippen molar-refractivity contribution in [2.75, 3.05) is 13.7 Å². The van der Waals surface area contributed by atoms with Crippen molar-refractivity contribution in [1.82, 2.24) is 5.32 Å². The summed E-state index contributed by atoms with van der Waals surface area (Å²) in [5.41, 5.74) is 0.836. The van der Waals surface area contributed by atoms with Gasteiger partial charge >= 0.3 is 0 Å². The Balaban J connectivity index is 2.11. The third-order valence-corrected chi connectivity index (χ3v) is 4.38. The molecule has 5 nitrogen and oxygen atoms in total. The van der Waals surface area contributed by atoms with E-state index in [1.54, 1.807) is 25.3 Å². The first kappa shape index (κ1) is 19.8. The van der Waals surface area contributed by atoms with Gasteiger partial charge in [-0.05, 0) is 42.5 Å². The van der Waals surface area contributed by atoms with Crippen molar-refractivity contribution >= 4 is 12.0 Å². The number of ether oxygens (including phenoxy) is 2. The van der Waals surface area contributed by atoms with Crippen LogP contribution in [-0.2, 0) is 4.79 Å². The zero-order valence-corrected chi connectivity index (χ0v) is 15.9. The number of rotatable bonds is 7. The maximum Gasteiger partial charge on any atom is 0.262 e. The second-order valence-electron chi connectivity index (χ2n) is 7.09. The van der Waals surface area contributed by atoms with E-state index < -0.39 is 0 Å². The molecule has 1 aromatic rings. The molecule has 0 atom stereocenters. The van der Waals surface area contributed by atoms with Gasteiger partial charge in [-0.25, -0.2) is 0 Å². The van der Waals surface area contributed by atoms with Gasteiger partial charge in [0, 0.05) is 6.04 Å². The first-order chi connectivity index (χ1) is 12.5. The lowest BCUT2D eigenvalue weighted by molar-refractivity contribution is -0.117. The minimum Gasteiger partial charge on any atom is -0.493 e. The first-order valence-corrected chi connectivity index (χ1v) is 9.27. The molecule has 1 aliphatic carbocycles. The summed E-state index contributed by atoms with van der Waals surface area (Å²) in [5, 5.41) is 12.4. The molecule has 1 amide bonds. The van der Waals surface area contributed by atoms with Gasteiger partial charge in [0.05, 0.1) is 13.7 Å². The molecule has 0 bridgehead atoms. The van der Waals surface area contributed by atoms with Crippen LogP contribution in [0.2, 0.25) is 0 Å². The molecule has 1 N–H and O–H groups in total. The molecule has 0 unspecified atom stereocenters. The summed E-state index contributed by atoms with van der Waals surface area (Å²) in [5.74, 6) is 1.35. The predicted octanol–water partition coefficient (Wildman–Crippen LogP) is 4.09. The largest absolute Gasteiger partial charge is 0.493 e. The molecule has 2 rings (SSSR count). The van der Waals surface area contributed by atoms with Crippen LogP contribution in [0.15, 0.2) is 23.8 Å². The van der Waals surface area contributed by atoms with Crippen molar-refractivity contribution in [3.05, 3.63) is 29.3 Å². The summed E-state index contributed by atoms with van der Waals surface area (Å²) in [6, 6.07) is 7.59. The molecule has 1 fully saturated rings. The molecule has 0 spiro atoms. The van der Waals surface area contributed by atoms with Crippen LogP contribution in [0.1, 0.15) is 51.5 Å². The van der Waals surface area contributed by atoms with Crippen LogP contribution in [0.25, 0.3) is 6.08 Å². The molecule has 1 saturated carbocycles. The fourth-order valence-electron chi connectivity index (χ4n) is 2.97. The number of nitrogens with one attached hydrogen (secondary N) is 1.